The maximum Gasteiger partial charge on any atom is 0.213 e. The van der Waals surface area contributed by atoms with E-state index in [2.05, 4.69) is 63.6 Å². The molecule has 0 saturated heterocycles. The molecule has 1 unspecified atom stereocenters. The minimum atomic E-state index is 0.138. The molecule has 2 rings (SSSR count). The van der Waals surface area contributed by atoms with E-state index in [1.807, 2.05) is 24.4 Å². The van der Waals surface area contributed by atoms with Crippen LogP contribution in [0.2, 0.25) is 0 Å². The van der Waals surface area contributed by atoms with Gasteiger partial charge in [0, 0.05) is 24.0 Å². The lowest BCUT2D eigenvalue weighted by Gasteiger charge is -2.18. The Hall–Kier alpha value is -2.10. The van der Waals surface area contributed by atoms with Crippen LogP contribution < -0.4 is 9.47 Å². The van der Waals surface area contributed by atoms with E-state index in [-0.39, 0.29) is 11.5 Å². The number of hydrogen-bond acceptors (Lipinski definition) is 4. The zero-order valence-electron chi connectivity index (χ0n) is 18.4. The van der Waals surface area contributed by atoms with Crippen molar-refractivity contribution >= 4 is 0 Å². The van der Waals surface area contributed by atoms with Crippen molar-refractivity contribution < 1.29 is 9.47 Å². The van der Waals surface area contributed by atoms with Gasteiger partial charge in [0.05, 0.1) is 6.61 Å². The molecule has 0 N–H and O–H groups in total. The van der Waals surface area contributed by atoms with E-state index >= 15 is 0 Å². The maximum atomic E-state index is 6.13. The van der Waals surface area contributed by atoms with Gasteiger partial charge >= 0.3 is 0 Å². The first-order chi connectivity index (χ1) is 13.3. The summed E-state index contributed by atoms with van der Waals surface area (Å²) in [4.78, 5) is 9.05. The van der Waals surface area contributed by atoms with Crippen molar-refractivity contribution in [3.05, 3.63) is 47.8 Å². The van der Waals surface area contributed by atoms with Gasteiger partial charge in [-0.2, -0.15) is 0 Å². The van der Waals surface area contributed by atoms with E-state index in [1.54, 1.807) is 0 Å². The van der Waals surface area contributed by atoms with Crippen LogP contribution in [-0.2, 0) is 6.42 Å². The molecule has 0 aliphatic heterocycles. The predicted molar refractivity (Wildman–Crippen MR) is 115 cm³/mol. The molecule has 0 fully saturated rings. The number of hydrogen-bond donors (Lipinski definition) is 0. The summed E-state index contributed by atoms with van der Waals surface area (Å²) < 4.78 is 11.9. The summed E-state index contributed by atoms with van der Waals surface area (Å²) >= 11 is 0. The summed E-state index contributed by atoms with van der Waals surface area (Å²) in [5.41, 5.74) is 2.45. The quantitative estimate of drug-likeness (QED) is 0.489. The minimum absolute atomic E-state index is 0.138. The largest absolute Gasteiger partial charge is 0.477 e. The molecule has 0 amide bonds. The van der Waals surface area contributed by atoms with Gasteiger partial charge in [0.25, 0.3) is 0 Å². The molecule has 0 bridgehead atoms. The molecule has 0 aliphatic rings. The lowest BCUT2D eigenvalue weighted by molar-refractivity contribution is 0.176. The first kappa shape index (κ1) is 22.2. The third-order valence-electron chi connectivity index (χ3n) is 4.52. The van der Waals surface area contributed by atoms with Crippen molar-refractivity contribution in [1.82, 2.24) is 9.97 Å². The fourth-order valence-corrected chi connectivity index (χ4v) is 2.80. The summed E-state index contributed by atoms with van der Waals surface area (Å²) in [6, 6.07) is 10.1. The number of aryl methyl sites for hydroxylation is 1. The molecule has 28 heavy (non-hydrogen) atoms. The second-order valence-corrected chi connectivity index (χ2v) is 8.95. The van der Waals surface area contributed by atoms with Crippen LogP contribution in [0.15, 0.2) is 36.5 Å². The third-order valence-corrected chi connectivity index (χ3v) is 4.52. The molecular formula is C24H36N2O2. The molecule has 2 aromatic heterocycles. The van der Waals surface area contributed by atoms with E-state index < -0.39 is 0 Å². The molecule has 0 aromatic carbocycles. The molecule has 154 valence electrons. The molecule has 0 aliphatic carbocycles. The highest BCUT2D eigenvalue weighted by Gasteiger charge is 2.12. The van der Waals surface area contributed by atoms with E-state index in [0.717, 1.165) is 37.3 Å². The van der Waals surface area contributed by atoms with Gasteiger partial charge in [-0.15, -0.1) is 0 Å². The molecule has 2 aromatic rings. The molecule has 0 radical (unpaired) electrons. The van der Waals surface area contributed by atoms with Crippen LogP contribution in [0.4, 0.5) is 0 Å². The number of nitrogens with zero attached hydrogens (tertiary/aromatic N) is 2. The highest BCUT2D eigenvalue weighted by atomic mass is 16.5. The SMILES string of the molecule is CCC(CCCc1ccc(OCC(C)(C)C)nc1)Oc1cccc(C(C)C)n1. The average Bonchev–Trinajstić information content (AvgIpc) is 2.66. The summed E-state index contributed by atoms with van der Waals surface area (Å²) in [6.07, 6.45) is 6.15. The fraction of sp³-hybridized carbons (Fsp3) is 0.583. The van der Waals surface area contributed by atoms with Crippen LogP contribution in [0.5, 0.6) is 11.8 Å². The van der Waals surface area contributed by atoms with E-state index in [4.69, 9.17) is 9.47 Å². The average molecular weight is 385 g/mol. The number of rotatable bonds is 10. The van der Waals surface area contributed by atoms with Gasteiger partial charge in [-0.25, -0.2) is 9.97 Å². The van der Waals surface area contributed by atoms with Crippen LogP contribution >= 0.6 is 0 Å². The van der Waals surface area contributed by atoms with Gasteiger partial charge in [0.2, 0.25) is 11.8 Å². The van der Waals surface area contributed by atoms with E-state index in [1.165, 1.54) is 5.56 Å². The Bertz CT molecular complexity index is 705. The smallest absolute Gasteiger partial charge is 0.213 e. The molecule has 0 spiro atoms. The molecule has 4 nitrogen and oxygen atoms in total. The summed E-state index contributed by atoms with van der Waals surface area (Å²) in [6.45, 7) is 13.6. The van der Waals surface area contributed by atoms with Crippen molar-refractivity contribution in [3.63, 3.8) is 0 Å². The third kappa shape index (κ3) is 7.87. The van der Waals surface area contributed by atoms with Crippen molar-refractivity contribution in [2.45, 2.75) is 79.2 Å². The highest BCUT2D eigenvalue weighted by molar-refractivity contribution is 5.19. The molecule has 4 heteroatoms. The zero-order valence-corrected chi connectivity index (χ0v) is 18.4. The molecule has 1 atom stereocenters. The topological polar surface area (TPSA) is 44.2 Å². The van der Waals surface area contributed by atoms with Crippen LogP contribution in [0.3, 0.4) is 0 Å². The Morgan fingerprint density at radius 2 is 1.82 bits per heavy atom. The fourth-order valence-electron chi connectivity index (χ4n) is 2.80. The summed E-state index contributed by atoms with van der Waals surface area (Å²) in [5.74, 6) is 1.84. The number of pyridine rings is 2. The van der Waals surface area contributed by atoms with Gasteiger partial charge in [-0.05, 0) is 48.6 Å². The van der Waals surface area contributed by atoms with Crippen molar-refractivity contribution in [1.29, 1.82) is 0 Å². The van der Waals surface area contributed by atoms with Crippen LogP contribution in [0, 0.1) is 5.41 Å². The van der Waals surface area contributed by atoms with E-state index in [0.29, 0.717) is 18.4 Å². The molecular weight excluding hydrogens is 348 g/mol. The summed E-state index contributed by atoms with van der Waals surface area (Å²) in [5, 5.41) is 0. The van der Waals surface area contributed by atoms with Crippen LogP contribution in [-0.4, -0.2) is 22.7 Å². The van der Waals surface area contributed by atoms with Crippen LogP contribution in [0.1, 0.15) is 78.0 Å². The predicted octanol–water partition coefficient (Wildman–Crippen LogP) is 6.21. The van der Waals surface area contributed by atoms with Crippen molar-refractivity contribution in [2.75, 3.05) is 6.61 Å². The Morgan fingerprint density at radius 1 is 1.04 bits per heavy atom. The van der Waals surface area contributed by atoms with Gasteiger partial charge < -0.3 is 9.47 Å². The second-order valence-electron chi connectivity index (χ2n) is 8.95. The minimum Gasteiger partial charge on any atom is -0.477 e. The lowest BCUT2D eigenvalue weighted by Crippen LogP contribution is -2.17. The first-order valence-electron chi connectivity index (χ1n) is 10.5. The highest BCUT2D eigenvalue weighted by Crippen LogP contribution is 2.20. The number of aromatic nitrogens is 2. The maximum absolute atomic E-state index is 6.13. The Kier molecular flexibility index (Phi) is 8.28. The van der Waals surface area contributed by atoms with Gasteiger partial charge in [-0.1, -0.05) is 53.7 Å². The van der Waals surface area contributed by atoms with Gasteiger partial charge in [0.1, 0.15) is 6.10 Å². The van der Waals surface area contributed by atoms with Gasteiger partial charge in [-0.3, -0.25) is 0 Å². The lowest BCUT2D eigenvalue weighted by atomic mass is 9.99. The van der Waals surface area contributed by atoms with E-state index in [9.17, 15) is 0 Å². The second kappa shape index (κ2) is 10.4. The standard InChI is InChI=1S/C24H36N2O2/c1-7-20(28-23-13-9-12-21(26-23)18(2)3)11-8-10-19-14-15-22(25-16-19)27-17-24(4,5)6/h9,12-16,18,20H,7-8,10-11,17H2,1-6H3. The van der Waals surface area contributed by atoms with Crippen molar-refractivity contribution in [3.8, 4) is 11.8 Å². The first-order valence-corrected chi connectivity index (χ1v) is 10.5. The normalized spacial score (nSPS) is 12.8. The number of ether oxygens (including phenoxy) is 2. The monoisotopic (exact) mass is 384 g/mol. The zero-order chi connectivity index (χ0) is 20.6. The molecule has 2 heterocycles. The Labute approximate surface area is 170 Å². The van der Waals surface area contributed by atoms with Crippen LogP contribution in [0.25, 0.3) is 0 Å². The van der Waals surface area contributed by atoms with Gasteiger partial charge in [0.15, 0.2) is 0 Å². The van der Waals surface area contributed by atoms with Crippen molar-refractivity contribution in [2.24, 2.45) is 5.41 Å². The molecule has 0 saturated carbocycles. The Balaban J connectivity index is 1.80. The summed E-state index contributed by atoms with van der Waals surface area (Å²) in [7, 11) is 0. The Morgan fingerprint density at radius 3 is 2.43 bits per heavy atom.